The fourth-order valence-corrected chi connectivity index (χ4v) is 2.53. The summed E-state index contributed by atoms with van der Waals surface area (Å²) < 4.78 is 6.91. The number of hydrogen-bond donors (Lipinski definition) is 0. The zero-order chi connectivity index (χ0) is 18.1. The van der Waals surface area contributed by atoms with Crippen molar-refractivity contribution < 1.29 is 9.34 Å². The van der Waals surface area contributed by atoms with Crippen LogP contribution in [0.5, 0.6) is 0 Å². The number of nitro benzene ring substituents is 1. The molecule has 0 aliphatic heterocycles. The molecule has 0 radical (unpaired) electrons. The topological polar surface area (TPSA) is 117 Å². The summed E-state index contributed by atoms with van der Waals surface area (Å²) in [5, 5.41) is 19.0. The molecule has 0 fully saturated rings. The molecule has 2 heterocycles. The molecular weight excluding hydrogens is 338 g/mol. The highest BCUT2D eigenvalue weighted by atomic mass is 16.6. The van der Waals surface area contributed by atoms with Crippen LogP contribution in [0, 0.1) is 10.1 Å². The first-order valence-electron chi connectivity index (χ1n) is 7.63. The molecule has 9 heteroatoms. The molecule has 0 spiro atoms. The molecule has 4 aromatic rings. The van der Waals surface area contributed by atoms with E-state index < -0.39 is 4.92 Å². The van der Waals surface area contributed by atoms with E-state index in [1.165, 1.54) is 29.1 Å². The summed E-state index contributed by atoms with van der Waals surface area (Å²) in [5.41, 5.74) is 0.578. The molecule has 0 amide bonds. The van der Waals surface area contributed by atoms with Crippen LogP contribution in [0.25, 0.3) is 22.4 Å². The molecular formula is C17H11N5O4. The summed E-state index contributed by atoms with van der Waals surface area (Å²) in [6, 6.07) is 13.2. The van der Waals surface area contributed by atoms with Gasteiger partial charge < -0.3 is 4.42 Å². The number of aromatic nitrogens is 4. The predicted molar refractivity (Wildman–Crippen MR) is 91.5 cm³/mol. The van der Waals surface area contributed by atoms with Gasteiger partial charge in [0, 0.05) is 17.7 Å². The summed E-state index contributed by atoms with van der Waals surface area (Å²) in [7, 11) is 0. The average molecular weight is 349 g/mol. The molecule has 0 saturated carbocycles. The Bertz CT molecular complexity index is 1170. The minimum Gasteiger partial charge on any atom is -0.419 e. The van der Waals surface area contributed by atoms with Crippen molar-refractivity contribution in [1.29, 1.82) is 0 Å². The second kappa shape index (κ2) is 6.20. The third kappa shape index (κ3) is 2.81. The number of nitro groups is 1. The molecule has 0 bridgehead atoms. The number of non-ortho nitro benzene ring substituents is 1. The van der Waals surface area contributed by atoms with Crippen LogP contribution in [-0.4, -0.2) is 24.7 Å². The Morgan fingerprint density at radius 1 is 1.12 bits per heavy atom. The number of benzene rings is 2. The minimum atomic E-state index is -0.532. The van der Waals surface area contributed by atoms with E-state index in [0.29, 0.717) is 5.89 Å². The first-order valence-corrected chi connectivity index (χ1v) is 7.63. The normalized spacial score (nSPS) is 10.9. The largest absolute Gasteiger partial charge is 0.419 e. The van der Waals surface area contributed by atoms with Crippen LogP contribution in [-0.2, 0) is 6.54 Å². The summed E-state index contributed by atoms with van der Waals surface area (Å²) in [5.74, 6) is 0.618. The Morgan fingerprint density at radius 3 is 2.69 bits per heavy atom. The number of hydrogen-bond acceptors (Lipinski definition) is 7. The molecule has 26 heavy (non-hydrogen) atoms. The third-order valence-electron chi connectivity index (χ3n) is 3.81. The van der Waals surface area contributed by atoms with Crippen LogP contribution in [0.15, 0.2) is 64.1 Å². The Labute approximate surface area is 145 Å². The molecule has 0 atom stereocenters. The maximum atomic E-state index is 12.6. The SMILES string of the molecule is O=c1c2ccc([N+](=O)[O-])cc2ncn1Cc1nnc(-c2ccccc2)o1. The summed E-state index contributed by atoms with van der Waals surface area (Å²) in [6.45, 7) is 0.0542. The van der Waals surface area contributed by atoms with Gasteiger partial charge in [-0.1, -0.05) is 18.2 Å². The van der Waals surface area contributed by atoms with E-state index in [-0.39, 0.29) is 34.6 Å². The summed E-state index contributed by atoms with van der Waals surface area (Å²) in [6.07, 6.45) is 1.31. The second-order valence-electron chi connectivity index (χ2n) is 5.50. The van der Waals surface area contributed by atoms with E-state index in [9.17, 15) is 14.9 Å². The van der Waals surface area contributed by atoms with Gasteiger partial charge in [0.15, 0.2) is 0 Å². The molecule has 0 unspecified atom stereocenters. The van der Waals surface area contributed by atoms with E-state index in [4.69, 9.17) is 4.42 Å². The van der Waals surface area contributed by atoms with Gasteiger partial charge in [-0.2, -0.15) is 0 Å². The lowest BCUT2D eigenvalue weighted by Gasteiger charge is -2.03. The van der Waals surface area contributed by atoms with Crippen LogP contribution in [0.4, 0.5) is 5.69 Å². The highest BCUT2D eigenvalue weighted by molar-refractivity contribution is 5.79. The Kier molecular flexibility index (Phi) is 3.73. The first kappa shape index (κ1) is 15.6. The zero-order valence-electron chi connectivity index (χ0n) is 13.3. The monoisotopic (exact) mass is 349 g/mol. The van der Waals surface area contributed by atoms with E-state index in [2.05, 4.69) is 15.2 Å². The standard InChI is InChI=1S/C17H11N5O4/c23-17-13-7-6-12(22(24)25)8-14(13)18-10-21(17)9-15-19-20-16(26-15)11-4-2-1-3-5-11/h1-8,10H,9H2. The maximum Gasteiger partial charge on any atom is 0.271 e. The van der Waals surface area contributed by atoms with E-state index in [0.717, 1.165) is 5.56 Å². The quantitative estimate of drug-likeness (QED) is 0.410. The molecule has 2 aromatic carbocycles. The van der Waals surface area contributed by atoms with Gasteiger partial charge in [-0.25, -0.2) is 4.98 Å². The number of rotatable bonds is 4. The summed E-state index contributed by atoms with van der Waals surface area (Å²) in [4.78, 5) is 27.0. The minimum absolute atomic E-state index is 0.0542. The maximum absolute atomic E-state index is 12.6. The Hall–Kier alpha value is -3.88. The lowest BCUT2D eigenvalue weighted by Crippen LogP contribution is -2.21. The van der Waals surface area contributed by atoms with Crippen molar-refractivity contribution in [2.24, 2.45) is 0 Å². The average Bonchev–Trinajstić information content (AvgIpc) is 3.13. The van der Waals surface area contributed by atoms with E-state index in [1.54, 1.807) is 0 Å². The van der Waals surface area contributed by atoms with Gasteiger partial charge in [0.1, 0.15) is 6.54 Å². The van der Waals surface area contributed by atoms with Crippen molar-refractivity contribution in [3.05, 3.63) is 81.2 Å². The van der Waals surface area contributed by atoms with Gasteiger partial charge in [0.2, 0.25) is 11.8 Å². The predicted octanol–water partition coefficient (Wildman–Crippen LogP) is 2.40. The highest BCUT2D eigenvalue weighted by Gasteiger charge is 2.13. The molecule has 0 aliphatic carbocycles. The highest BCUT2D eigenvalue weighted by Crippen LogP contribution is 2.18. The van der Waals surface area contributed by atoms with Gasteiger partial charge in [0.05, 0.1) is 22.2 Å². The third-order valence-corrected chi connectivity index (χ3v) is 3.81. The second-order valence-corrected chi connectivity index (χ2v) is 5.50. The van der Waals surface area contributed by atoms with Crippen molar-refractivity contribution in [2.45, 2.75) is 6.54 Å². The van der Waals surface area contributed by atoms with Crippen molar-refractivity contribution >= 4 is 16.6 Å². The molecule has 2 aromatic heterocycles. The van der Waals surface area contributed by atoms with E-state index >= 15 is 0 Å². The molecule has 4 rings (SSSR count). The smallest absolute Gasteiger partial charge is 0.271 e. The van der Waals surface area contributed by atoms with Gasteiger partial charge >= 0.3 is 0 Å². The zero-order valence-corrected chi connectivity index (χ0v) is 13.3. The van der Waals surface area contributed by atoms with Crippen molar-refractivity contribution in [3.63, 3.8) is 0 Å². The molecule has 9 nitrogen and oxygen atoms in total. The van der Waals surface area contributed by atoms with Gasteiger partial charge in [0.25, 0.3) is 11.2 Å². The number of nitrogens with zero attached hydrogens (tertiary/aromatic N) is 5. The van der Waals surface area contributed by atoms with E-state index in [1.807, 2.05) is 30.3 Å². The van der Waals surface area contributed by atoms with Crippen LogP contribution in [0.3, 0.4) is 0 Å². The number of fused-ring (bicyclic) bond motifs is 1. The van der Waals surface area contributed by atoms with Crippen molar-refractivity contribution in [2.75, 3.05) is 0 Å². The van der Waals surface area contributed by atoms with Crippen molar-refractivity contribution in [3.8, 4) is 11.5 Å². The fraction of sp³-hybridized carbons (Fsp3) is 0.0588. The Balaban J connectivity index is 1.67. The van der Waals surface area contributed by atoms with Crippen LogP contribution < -0.4 is 5.56 Å². The molecule has 0 saturated heterocycles. The van der Waals surface area contributed by atoms with Gasteiger partial charge in [-0.3, -0.25) is 19.5 Å². The first-order chi connectivity index (χ1) is 12.6. The Morgan fingerprint density at radius 2 is 1.92 bits per heavy atom. The summed E-state index contributed by atoms with van der Waals surface area (Å²) >= 11 is 0. The van der Waals surface area contributed by atoms with Crippen LogP contribution >= 0.6 is 0 Å². The lowest BCUT2D eigenvalue weighted by atomic mass is 10.2. The van der Waals surface area contributed by atoms with Gasteiger partial charge in [-0.05, 0) is 18.2 Å². The lowest BCUT2D eigenvalue weighted by molar-refractivity contribution is -0.384. The fourth-order valence-electron chi connectivity index (χ4n) is 2.53. The molecule has 0 N–H and O–H groups in total. The molecule has 128 valence electrons. The van der Waals surface area contributed by atoms with Gasteiger partial charge in [-0.15, -0.1) is 10.2 Å². The van der Waals surface area contributed by atoms with Crippen LogP contribution in [0.2, 0.25) is 0 Å². The van der Waals surface area contributed by atoms with Crippen molar-refractivity contribution in [1.82, 2.24) is 19.7 Å². The van der Waals surface area contributed by atoms with Crippen LogP contribution in [0.1, 0.15) is 5.89 Å². The molecule has 0 aliphatic rings.